The van der Waals surface area contributed by atoms with Crippen LogP contribution in [0.4, 0.5) is 13.2 Å². The number of nitrogens with one attached hydrogen (secondary N) is 1. The molecule has 1 aromatic rings. The summed E-state index contributed by atoms with van der Waals surface area (Å²) in [6.45, 7) is 0.454. The molecule has 2 N–H and O–H groups in total. The van der Waals surface area contributed by atoms with Gasteiger partial charge in [-0.15, -0.1) is 0 Å². The summed E-state index contributed by atoms with van der Waals surface area (Å²) >= 11 is 0. The lowest BCUT2D eigenvalue weighted by atomic mass is 10.1. The van der Waals surface area contributed by atoms with Crippen molar-refractivity contribution in [1.29, 1.82) is 0 Å². The average molecular weight is 287 g/mol. The molecule has 0 amide bonds. The van der Waals surface area contributed by atoms with Crippen LogP contribution in [0.15, 0.2) is 24.3 Å². The van der Waals surface area contributed by atoms with Crippen LogP contribution in [-0.4, -0.2) is 17.1 Å². The molecule has 2 rings (SSSR count). The van der Waals surface area contributed by atoms with Crippen LogP contribution in [0.3, 0.4) is 0 Å². The molecule has 0 heterocycles. The minimum Gasteiger partial charge on any atom is -0.481 e. The Balaban J connectivity index is 1.85. The van der Waals surface area contributed by atoms with Crippen LogP contribution >= 0.6 is 0 Å². The Labute approximate surface area is 114 Å². The Morgan fingerprint density at radius 3 is 2.40 bits per heavy atom. The quantitative estimate of drug-likeness (QED) is 0.895. The summed E-state index contributed by atoms with van der Waals surface area (Å²) in [7, 11) is 0. The average Bonchev–Trinajstić information content (AvgIpc) is 2.85. The first-order valence-electron chi connectivity index (χ1n) is 6.48. The Morgan fingerprint density at radius 2 is 1.90 bits per heavy atom. The van der Waals surface area contributed by atoms with Crippen LogP contribution in [0, 0.1) is 5.92 Å². The van der Waals surface area contributed by atoms with Gasteiger partial charge in [-0.05, 0) is 37.0 Å². The first-order valence-corrected chi connectivity index (χ1v) is 6.48. The highest BCUT2D eigenvalue weighted by Crippen LogP contribution is 2.29. The summed E-state index contributed by atoms with van der Waals surface area (Å²) in [5.74, 6) is -1.08. The maximum atomic E-state index is 12.4. The van der Waals surface area contributed by atoms with Gasteiger partial charge in [-0.3, -0.25) is 4.79 Å². The van der Waals surface area contributed by atoms with E-state index >= 15 is 0 Å². The van der Waals surface area contributed by atoms with E-state index in [0.717, 1.165) is 24.1 Å². The molecule has 110 valence electrons. The van der Waals surface area contributed by atoms with E-state index in [-0.39, 0.29) is 12.0 Å². The zero-order chi connectivity index (χ0) is 14.8. The first kappa shape index (κ1) is 14.8. The number of carboxylic acid groups (broad SMARTS) is 1. The summed E-state index contributed by atoms with van der Waals surface area (Å²) in [5, 5.41) is 12.1. The Kier molecular flexibility index (Phi) is 4.32. The van der Waals surface area contributed by atoms with Gasteiger partial charge in [-0.25, -0.2) is 0 Å². The highest BCUT2D eigenvalue weighted by atomic mass is 19.4. The van der Waals surface area contributed by atoms with Crippen molar-refractivity contribution < 1.29 is 23.1 Å². The van der Waals surface area contributed by atoms with E-state index in [9.17, 15) is 18.0 Å². The van der Waals surface area contributed by atoms with Gasteiger partial charge in [0.15, 0.2) is 0 Å². The number of carbonyl (C=O) groups is 1. The van der Waals surface area contributed by atoms with E-state index in [1.165, 1.54) is 12.1 Å². The van der Waals surface area contributed by atoms with Crippen molar-refractivity contribution in [1.82, 2.24) is 5.32 Å². The highest BCUT2D eigenvalue weighted by molar-refractivity contribution is 5.70. The second kappa shape index (κ2) is 5.83. The summed E-state index contributed by atoms with van der Waals surface area (Å²) in [6.07, 6.45) is -2.29. The monoisotopic (exact) mass is 287 g/mol. The summed E-state index contributed by atoms with van der Waals surface area (Å²) in [4.78, 5) is 10.8. The summed E-state index contributed by atoms with van der Waals surface area (Å²) < 4.78 is 37.2. The van der Waals surface area contributed by atoms with Crippen LogP contribution in [0.5, 0.6) is 0 Å². The molecule has 6 heteroatoms. The largest absolute Gasteiger partial charge is 0.481 e. The molecule has 0 aliphatic heterocycles. The van der Waals surface area contributed by atoms with Gasteiger partial charge in [0.25, 0.3) is 0 Å². The van der Waals surface area contributed by atoms with Crippen LogP contribution < -0.4 is 5.32 Å². The molecule has 0 bridgehead atoms. The van der Waals surface area contributed by atoms with Crippen molar-refractivity contribution in [3.8, 4) is 0 Å². The van der Waals surface area contributed by atoms with E-state index in [1.54, 1.807) is 0 Å². The highest BCUT2D eigenvalue weighted by Gasteiger charge is 2.30. The molecule has 0 aromatic heterocycles. The fourth-order valence-electron chi connectivity index (χ4n) is 2.46. The number of halogens is 3. The van der Waals surface area contributed by atoms with Gasteiger partial charge in [0.05, 0.1) is 11.5 Å². The van der Waals surface area contributed by atoms with Crippen LogP contribution in [-0.2, 0) is 17.5 Å². The molecule has 0 saturated heterocycles. The third kappa shape index (κ3) is 3.72. The molecule has 1 aromatic carbocycles. The van der Waals surface area contributed by atoms with Crippen molar-refractivity contribution in [3.63, 3.8) is 0 Å². The molecule has 3 nitrogen and oxygen atoms in total. The standard InChI is InChI=1S/C14H16F3NO2/c15-14(16,17)11-4-1-9(2-5-11)8-18-12-6-3-10(7-12)13(19)20/h1-2,4-5,10,12,18H,3,6-8H2,(H,19,20)/t10-,12+/m1/s1. The molecule has 1 saturated carbocycles. The normalized spacial score (nSPS) is 22.9. The zero-order valence-corrected chi connectivity index (χ0v) is 10.8. The fourth-order valence-corrected chi connectivity index (χ4v) is 2.46. The number of benzene rings is 1. The van der Waals surface area contributed by atoms with E-state index < -0.39 is 17.7 Å². The molecule has 1 aliphatic rings. The van der Waals surface area contributed by atoms with Crippen molar-refractivity contribution in [2.45, 2.75) is 38.0 Å². The lowest BCUT2D eigenvalue weighted by Gasteiger charge is -2.13. The van der Waals surface area contributed by atoms with E-state index in [1.807, 2.05) is 0 Å². The Hall–Kier alpha value is -1.56. The topological polar surface area (TPSA) is 49.3 Å². The number of alkyl halides is 3. The Bertz CT molecular complexity index is 470. The van der Waals surface area contributed by atoms with Gasteiger partial charge < -0.3 is 10.4 Å². The van der Waals surface area contributed by atoms with E-state index in [4.69, 9.17) is 5.11 Å². The maximum absolute atomic E-state index is 12.4. The minimum absolute atomic E-state index is 0.124. The van der Waals surface area contributed by atoms with E-state index in [0.29, 0.717) is 19.4 Å². The van der Waals surface area contributed by atoms with Gasteiger partial charge in [0.1, 0.15) is 0 Å². The molecule has 2 atom stereocenters. The predicted molar refractivity (Wildman–Crippen MR) is 67.0 cm³/mol. The molecular weight excluding hydrogens is 271 g/mol. The SMILES string of the molecule is O=C(O)[C@@H]1CC[C@H](NCc2ccc(C(F)(F)F)cc2)C1. The van der Waals surface area contributed by atoms with E-state index in [2.05, 4.69) is 5.32 Å². The van der Waals surface area contributed by atoms with Crippen LogP contribution in [0.25, 0.3) is 0 Å². The smallest absolute Gasteiger partial charge is 0.416 e. The second-order valence-electron chi connectivity index (χ2n) is 5.12. The summed E-state index contributed by atoms with van der Waals surface area (Å²) in [6, 6.07) is 5.13. The molecule has 0 radical (unpaired) electrons. The van der Waals surface area contributed by atoms with Crippen molar-refractivity contribution >= 4 is 5.97 Å². The minimum atomic E-state index is -4.31. The molecular formula is C14H16F3NO2. The zero-order valence-electron chi connectivity index (χ0n) is 10.8. The molecule has 1 aliphatic carbocycles. The molecule has 0 unspecified atom stereocenters. The van der Waals surface area contributed by atoms with Crippen LogP contribution in [0.2, 0.25) is 0 Å². The number of hydrogen-bond donors (Lipinski definition) is 2. The van der Waals surface area contributed by atoms with Crippen LogP contribution in [0.1, 0.15) is 30.4 Å². The second-order valence-corrected chi connectivity index (χ2v) is 5.12. The first-order chi connectivity index (χ1) is 9.36. The van der Waals surface area contributed by atoms with Crippen molar-refractivity contribution in [2.24, 2.45) is 5.92 Å². The molecule has 1 fully saturated rings. The van der Waals surface area contributed by atoms with Gasteiger partial charge in [-0.1, -0.05) is 12.1 Å². The number of rotatable bonds is 4. The van der Waals surface area contributed by atoms with Crippen molar-refractivity contribution in [2.75, 3.05) is 0 Å². The number of hydrogen-bond acceptors (Lipinski definition) is 2. The molecule has 0 spiro atoms. The summed E-state index contributed by atoms with van der Waals surface area (Å²) in [5.41, 5.74) is 0.102. The van der Waals surface area contributed by atoms with Gasteiger partial charge in [0.2, 0.25) is 0 Å². The lowest BCUT2D eigenvalue weighted by Crippen LogP contribution is -2.26. The van der Waals surface area contributed by atoms with Gasteiger partial charge >= 0.3 is 12.1 Å². The Morgan fingerprint density at radius 1 is 1.25 bits per heavy atom. The fraction of sp³-hybridized carbons (Fsp3) is 0.500. The number of aliphatic carboxylic acids is 1. The number of carboxylic acids is 1. The maximum Gasteiger partial charge on any atom is 0.416 e. The third-order valence-corrected chi connectivity index (χ3v) is 3.66. The third-order valence-electron chi connectivity index (χ3n) is 3.66. The predicted octanol–water partition coefficient (Wildman–Crippen LogP) is 3.05. The van der Waals surface area contributed by atoms with Crippen molar-refractivity contribution in [3.05, 3.63) is 35.4 Å². The van der Waals surface area contributed by atoms with Gasteiger partial charge in [-0.2, -0.15) is 13.2 Å². The lowest BCUT2D eigenvalue weighted by molar-refractivity contribution is -0.141. The molecule has 20 heavy (non-hydrogen) atoms. The van der Waals surface area contributed by atoms with Gasteiger partial charge in [0, 0.05) is 12.6 Å².